The number of fused-ring (bicyclic) bond motifs is 1. The number of hydrogen-bond acceptors (Lipinski definition) is 3. The van der Waals surface area contributed by atoms with E-state index in [0.717, 1.165) is 6.20 Å². The maximum absolute atomic E-state index is 15.0. The summed E-state index contributed by atoms with van der Waals surface area (Å²) in [6, 6.07) is -0.244. The number of aromatic nitrogens is 1. The summed E-state index contributed by atoms with van der Waals surface area (Å²) < 4.78 is 45.2. The molecule has 8 heteroatoms. The van der Waals surface area contributed by atoms with Gasteiger partial charge >= 0.3 is 5.97 Å². The van der Waals surface area contributed by atoms with Crippen LogP contribution < -0.4 is 11.2 Å². The summed E-state index contributed by atoms with van der Waals surface area (Å²) >= 11 is 0. The number of carboxylic acid groups (broad SMARTS) is 1. The Labute approximate surface area is 133 Å². The van der Waals surface area contributed by atoms with E-state index >= 15 is 4.39 Å². The summed E-state index contributed by atoms with van der Waals surface area (Å²) in [4.78, 5) is 23.5. The molecule has 0 atom stereocenters. The first-order chi connectivity index (χ1) is 11.3. The minimum absolute atomic E-state index is 0.244. The molecule has 5 nitrogen and oxygen atoms in total. The molecule has 0 bridgehead atoms. The van der Waals surface area contributed by atoms with Crippen molar-refractivity contribution in [2.45, 2.75) is 37.3 Å². The number of nitrogens with two attached hydrogens (primary N) is 1. The van der Waals surface area contributed by atoms with Gasteiger partial charge in [0.15, 0.2) is 17.5 Å². The van der Waals surface area contributed by atoms with Crippen LogP contribution in [0.2, 0.25) is 0 Å². The van der Waals surface area contributed by atoms with E-state index in [-0.39, 0.29) is 6.04 Å². The molecule has 1 aromatic carbocycles. The normalized spacial score (nSPS) is 18.8. The molecule has 0 aliphatic heterocycles. The first-order valence-electron chi connectivity index (χ1n) is 7.54. The molecule has 0 amide bonds. The van der Waals surface area contributed by atoms with Crippen LogP contribution in [-0.4, -0.2) is 15.6 Å². The Kier molecular flexibility index (Phi) is 2.91. The molecule has 4 rings (SSSR count). The molecule has 24 heavy (non-hydrogen) atoms. The molecule has 0 unspecified atom stereocenters. The highest BCUT2D eigenvalue weighted by molar-refractivity contribution is 5.93. The number of pyridine rings is 1. The van der Waals surface area contributed by atoms with Crippen LogP contribution in [0.4, 0.5) is 13.2 Å². The molecule has 2 aliphatic rings. The molecule has 0 saturated heterocycles. The predicted molar refractivity (Wildman–Crippen MR) is 78.4 cm³/mol. The second-order valence-corrected chi connectivity index (χ2v) is 6.51. The Morgan fingerprint density at radius 1 is 1.21 bits per heavy atom. The van der Waals surface area contributed by atoms with Crippen molar-refractivity contribution in [3.63, 3.8) is 0 Å². The monoisotopic (exact) mass is 338 g/mol. The Hall–Kier alpha value is -2.35. The van der Waals surface area contributed by atoms with E-state index in [1.165, 1.54) is 4.57 Å². The van der Waals surface area contributed by atoms with Crippen molar-refractivity contribution in [1.29, 1.82) is 0 Å². The van der Waals surface area contributed by atoms with Gasteiger partial charge in [-0.2, -0.15) is 0 Å². The Bertz CT molecular complexity index is 975. The fourth-order valence-corrected chi connectivity index (χ4v) is 3.11. The zero-order chi connectivity index (χ0) is 17.4. The first-order valence-corrected chi connectivity index (χ1v) is 7.54. The van der Waals surface area contributed by atoms with Crippen molar-refractivity contribution in [3.8, 4) is 0 Å². The minimum atomic E-state index is -1.57. The smallest absolute Gasteiger partial charge is 0.341 e. The summed E-state index contributed by atoms with van der Waals surface area (Å²) in [6.07, 6.45) is 2.90. The molecule has 2 saturated carbocycles. The number of nitrogens with zero attached hydrogens (tertiary/aromatic N) is 1. The van der Waals surface area contributed by atoms with Crippen LogP contribution in [0, 0.1) is 17.5 Å². The van der Waals surface area contributed by atoms with Gasteiger partial charge in [0.05, 0.1) is 10.9 Å². The van der Waals surface area contributed by atoms with E-state index < -0.39 is 56.4 Å². The van der Waals surface area contributed by atoms with Gasteiger partial charge in [0.1, 0.15) is 5.56 Å². The van der Waals surface area contributed by atoms with E-state index in [1.54, 1.807) is 0 Å². The van der Waals surface area contributed by atoms with Crippen LogP contribution in [0.3, 0.4) is 0 Å². The summed E-state index contributed by atoms with van der Waals surface area (Å²) in [5.74, 6) is -5.70. The van der Waals surface area contributed by atoms with Crippen molar-refractivity contribution in [2.75, 3.05) is 0 Å². The second-order valence-electron chi connectivity index (χ2n) is 6.51. The van der Waals surface area contributed by atoms with E-state index in [2.05, 4.69) is 0 Å². The zero-order valence-corrected chi connectivity index (χ0v) is 12.4. The molecule has 126 valence electrons. The summed E-state index contributed by atoms with van der Waals surface area (Å²) in [5.41, 5.74) is 1.66. The number of carboxylic acids is 1. The average molecular weight is 338 g/mol. The summed E-state index contributed by atoms with van der Waals surface area (Å²) in [5, 5.41) is 8.26. The maximum atomic E-state index is 15.0. The SMILES string of the molecule is NC1(c2c(F)c(F)c3c(=O)c(C(=O)O)cn(C4CC4)c3c2F)CC1. The number of halogens is 3. The summed E-state index contributed by atoms with van der Waals surface area (Å²) in [6.45, 7) is 0. The largest absolute Gasteiger partial charge is 0.477 e. The van der Waals surface area contributed by atoms with E-state index in [0.29, 0.717) is 25.7 Å². The second kappa shape index (κ2) is 4.60. The fraction of sp³-hybridized carbons (Fsp3) is 0.375. The molecule has 2 aromatic rings. The zero-order valence-electron chi connectivity index (χ0n) is 12.4. The van der Waals surface area contributed by atoms with Gasteiger partial charge in [0.2, 0.25) is 5.43 Å². The minimum Gasteiger partial charge on any atom is -0.477 e. The van der Waals surface area contributed by atoms with Gasteiger partial charge in [0.25, 0.3) is 0 Å². The highest BCUT2D eigenvalue weighted by Gasteiger charge is 2.47. The molecule has 2 aliphatic carbocycles. The Morgan fingerprint density at radius 2 is 1.83 bits per heavy atom. The lowest BCUT2D eigenvalue weighted by Crippen LogP contribution is -2.27. The van der Waals surface area contributed by atoms with E-state index in [4.69, 9.17) is 10.8 Å². The van der Waals surface area contributed by atoms with Crippen LogP contribution in [0.1, 0.15) is 47.6 Å². The molecule has 1 heterocycles. The number of carbonyl (C=O) groups is 1. The van der Waals surface area contributed by atoms with Crippen LogP contribution in [-0.2, 0) is 5.54 Å². The lowest BCUT2D eigenvalue weighted by molar-refractivity contribution is 0.0694. The van der Waals surface area contributed by atoms with E-state index in [9.17, 15) is 18.4 Å². The topological polar surface area (TPSA) is 85.3 Å². The van der Waals surface area contributed by atoms with Crippen molar-refractivity contribution in [3.05, 3.63) is 45.0 Å². The van der Waals surface area contributed by atoms with Crippen molar-refractivity contribution < 1.29 is 23.1 Å². The highest BCUT2D eigenvalue weighted by Crippen LogP contribution is 2.47. The van der Waals surface area contributed by atoms with Gasteiger partial charge in [-0.1, -0.05) is 0 Å². The van der Waals surface area contributed by atoms with Gasteiger partial charge in [-0.15, -0.1) is 0 Å². The number of rotatable bonds is 3. The molecule has 0 radical (unpaired) electrons. The van der Waals surface area contributed by atoms with Gasteiger partial charge in [0, 0.05) is 23.3 Å². The van der Waals surface area contributed by atoms with Crippen molar-refractivity contribution in [1.82, 2.24) is 4.57 Å². The van der Waals surface area contributed by atoms with Gasteiger partial charge in [-0.05, 0) is 25.7 Å². The lowest BCUT2D eigenvalue weighted by Gasteiger charge is -2.18. The number of aromatic carboxylic acids is 1. The molecule has 0 spiro atoms. The van der Waals surface area contributed by atoms with Crippen molar-refractivity contribution >= 4 is 16.9 Å². The van der Waals surface area contributed by atoms with Crippen LogP contribution >= 0.6 is 0 Å². The predicted octanol–water partition coefficient (Wildman–Crippen LogP) is 2.40. The molecule has 1 aromatic heterocycles. The fourth-order valence-electron chi connectivity index (χ4n) is 3.11. The third-order valence-electron chi connectivity index (χ3n) is 4.75. The standard InChI is InChI=1S/C16H13F3N2O3/c17-10-8-13(12(19)9(11(10)18)16(20)3-4-16)21(6-1-2-6)5-7(14(8)22)15(23)24/h5-6H,1-4,20H2,(H,23,24). The maximum Gasteiger partial charge on any atom is 0.341 e. The van der Waals surface area contributed by atoms with E-state index in [1.807, 2.05) is 0 Å². The Balaban J connectivity index is 2.21. The Morgan fingerprint density at radius 3 is 2.33 bits per heavy atom. The molecular weight excluding hydrogens is 325 g/mol. The average Bonchev–Trinajstić information content (AvgIpc) is 3.41. The lowest BCUT2D eigenvalue weighted by atomic mass is 9.99. The van der Waals surface area contributed by atoms with Gasteiger partial charge in [-0.3, -0.25) is 4.79 Å². The number of hydrogen-bond donors (Lipinski definition) is 2. The van der Waals surface area contributed by atoms with Crippen LogP contribution in [0.15, 0.2) is 11.0 Å². The molecular formula is C16H13F3N2O3. The third kappa shape index (κ3) is 1.92. The molecule has 2 fully saturated rings. The highest BCUT2D eigenvalue weighted by atomic mass is 19.2. The van der Waals surface area contributed by atoms with Gasteiger partial charge in [-0.25, -0.2) is 18.0 Å². The van der Waals surface area contributed by atoms with Crippen LogP contribution in [0.25, 0.3) is 10.9 Å². The van der Waals surface area contributed by atoms with Crippen LogP contribution in [0.5, 0.6) is 0 Å². The quantitative estimate of drug-likeness (QED) is 0.842. The molecule has 3 N–H and O–H groups in total. The number of benzene rings is 1. The summed E-state index contributed by atoms with van der Waals surface area (Å²) in [7, 11) is 0. The van der Waals surface area contributed by atoms with Crippen molar-refractivity contribution in [2.24, 2.45) is 5.73 Å². The third-order valence-corrected chi connectivity index (χ3v) is 4.75. The first kappa shape index (κ1) is 15.2. The van der Waals surface area contributed by atoms with Gasteiger partial charge < -0.3 is 15.4 Å².